The summed E-state index contributed by atoms with van der Waals surface area (Å²) in [4.78, 5) is 24.2. The lowest BCUT2D eigenvalue weighted by atomic mass is 10.3. The van der Waals surface area contributed by atoms with E-state index < -0.39 is 6.04 Å². The molecule has 0 aromatic heterocycles. The number of carbonyl (C=O) groups excluding carboxylic acids is 2. The van der Waals surface area contributed by atoms with Gasteiger partial charge in [-0.25, -0.2) is 0 Å². The third kappa shape index (κ3) is 6.06. The minimum absolute atomic E-state index is 0.104. The molecule has 0 fully saturated rings. The molecule has 5 nitrogen and oxygen atoms in total. The Bertz CT molecular complexity index is 227. The summed E-state index contributed by atoms with van der Waals surface area (Å²) in [7, 11) is 3.33. The lowest BCUT2D eigenvalue weighted by Gasteiger charge is -2.18. The number of amides is 2. The standard InChI is InChI=1S/C10H21N3O2/c1-7(2)11-6-9(14)12-8(3)10(15)13(4)5/h7-8,11H,6H2,1-5H3,(H,12,14). The van der Waals surface area contributed by atoms with Crippen LogP contribution < -0.4 is 10.6 Å². The molecule has 0 aliphatic heterocycles. The Balaban J connectivity index is 3.91. The summed E-state index contributed by atoms with van der Waals surface area (Å²) in [6.07, 6.45) is 0. The second-order valence-electron chi connectivity index (χ2n) is 4.06. The minimum Gasteiger partial charge on any atom is -0.347 e. The lowest BCUT2D eigenvalue weighted by Crippen LogP contribution is -2.47. The van der Waals surface area contributed by atoms with Crippen molar-refractivity contribution in [1.82, 2.24) is 15.5 Å². The van der Waals surface area contributed by atoms with Crippen LogP contribution in [-0.2, 0) is 9.59 Å². The number of rotatable bonds is 5. The van der Waals surface area contributed by atoms with E-state index in [0.29, 0.717) is 0 Å². The fourth-order valence-electron chi connectivity index (χ4n) is 1.04. The zero-order chi connectivity index (χ0) is 12.0. The van der Waals surface area contributed by atoms with Crippen LogP contribution in [0.3, 0.4) is 0 Å². The van der Waals surface area contributed by atoms with E-state index in [1.54, 1.807) is 21.0 Å². The average Bonchev–Trinajstić information content (AvgIpc) is 2.13. The quantitative estimate of drug-likeness (QED) is 0.654. The second kappa shape index (κ2) is 6.40. The molecule has 0 bridgehead atoms. The van der Waals surface area contributed by atoms with Gasteiger partial charge in [-0.1, -0.05) is 13.8 Å². The molecule has 1 unspecified atom stereocenters. The van der Waals surface area contributed by atoms with Crippen molar-refractivity contribution >= 4 is 11.8 Å². The number of nitrogens with zero attached hydrogens (tertiary/aromatic N) is 1. The van der Waals surface area contributed by atoms with Gasteiger partial charge in [0.05, 0.1) is 6.54 Å². The summed E-state index contributed by atoms with van der Waals surface area (Å²) in [5.74, 6) is -0.265. The zero-order valence-electron chi connectivity index (χ0n) is 10.1. The fourth-order valence-corrected chi connectivity index (χ4v) is 1.04. The smallest absolute Gasteiger partial charge is 0.244 e. The summed E-state index contributed by atoms with van der Waals surface area (Å²) in [5, 5.41) is 5.61. The lowest BCUT2D eigenvalue weighted by molar-refractivity contribution is -0.133. The van der Waals surface area contributed by atoms with Gasteiger partial charge in [-0.15, -0.1) is 0 Å². The molecule has 15 heavy (non-hydrogen) atoms. The highest BCUT2D eigenvalue weighted by Crippen LogP contribution is 1.88. The highest BCUT2D eigenvalue weighted by molar-refractivity contribution is 5.87. The maximum atomic E-state index is 11.4. The molecule has 5 heteroatoms. The summed E-state index contributed by atoms with van der Waals surface area (Å²) in [6, 6.07) is -0.211. The number of nitrogens with one attached hydrogen (secondary N) is 2. The molecule has 1 atom stereocenters. The molecule has 0 aromatic rings. The predicted octanol–water partition coefficient (Wildman–Crippen LogP) is -0.423. The van der Waals surface area contributed by atoms with E-state index in [0.717, 1.165) is 0 Å². The molecular weight excluding hydrogens is 194 g/mol. The summed E-state index contributed by atoms with van der Waals surface area (Å²) >= 11 is 0. The van der Waals surface area contributed by atoms with E-state index >= 15 is 0 Å². The van der Waals surface area contributed by atoms with E-state index in [2.05, 4.69) is 10.6 Å². The third-order valence-corrected chi connectivity index (χ3v) is 1.86. The highest BCUT2D eigenvalue weighted by Gasteiger charge is 2.16. The largest absolute Gasteiger partial charge is 0.347 e. The molecule has 88 valence electrons. The molecule has 0 aromatic carbocycles. The van der Waals surface area contributed by atoms with Crippen LogP contribution in [0.2, 0.25) is 0 Å². The Kier molecular flexibility index (Phi) is 5.93. The van der Waals surface area contributed by atoms with Gasteiger partial charge in [0.25, 0.3) is 0 Å². The van der Waals surface area contributed by atoms with Crippen molar-refractivity contribution in [3.05, 3.63) is 0 Å². The molecule has 0 heterocycles. The molecular formula is C10H21N3O2. The maximum Gasteiger partial charge on any atom is 0.244 e. The normalized spacial score (nSPS) is 12.4. The minimum atomic E-state index is -0.471. The van der Waals surface area contributed by atoms with Gasteiger partial charge in [-0.2, -0.15) is 0 Å². The summed E-state index contributed by atoms with van der Waals surface area (Å²) in [6.45, 7) is 5.84. The van der Waals surface area contributed by atoms with Gasteiger partial charge in [-0.05, 0) is 6.92 Å². The first-order chi connectivity index (χ1) is 6.84. The highest BCUT2D eigenvalue weighted by atomic mass is 16.2. The predicted molar refractivity (Wildman–Crippen MR) is 59.4 cm³/mol. The van der Waals surface area contributed by atoms with Gasteiger partial charge in [0.15, 0.2) is 0 Å². The maximum absolute atomic E-state index is 11.4. The van der Waals surface area contributed by atoms with Gasteiger partial charge in [0.1, 0.15) is 6.04 Å². The van der Waals surface area contributed by atoms with E-state index in [1.165, 1.54) is 4.90 Å². The van der Waals surface area contributed by atoms with E-state index in [1.807, 2.05) is 13.8 Å². The summed E-state index contributed by atoms with van der Waals surface area (Å²) < 4.78 is 0. The second-order valence-corrected chi connectivity index (χ2v) is 4.06. The van der Waals surface area contributed by atoms with E-state index in [4.69, 9.17) is 0 Å². The Labute approximate surface area is 91.2 Å². The molecule has 0 aliphatic carbocycles. The van der Waals surface area contributed by atoms with Crippen molar-refractivity contribution in [3.8, 4) is 0 Å². The van der Waals surface area contributed by atoms with E-state index in [-0.39, 0.29) is 24.4 Å². The summed E-state index contributed by atoms with van der Waals surface area (Å²) in [5.41, 5.74) is 0. The monoisotopic (exact) mass is 215 g/mol. The van der Waals surface area contributed by atoms with Crippen LogP contribution in [0.15, 0.2) is 0 Å². The van der Waals surface area contributed by atoms with Crippen molar-refractivity contribution in [2.45, 2.75) is 32.9 Å². The van der Waals surface area contributed by atoms with Gasteiger partial charge >= 0.3 is 0 Å². The number of likely N-dealkylation sites (N-methyl/N-ethyl adjacent to an activating group) is 1. The molecule has 2 amide bonds. The van der Waals surface area contributed by atoms with Gasteiger partial charge in [0, 0.05) is 20.1 Å². The molecule has 0 rings (SSSR count). The zero-order valence-corrected chi connectivity index (χ0v) is 10.1. The molecule has 2 N–H and O–H groups in total. The van der Waals surface area contributed by atoms with Crippen molar-refractivity contribution in [3.63, 3.8) is 0 Å². The Hall–Kier alpha value is -1.10. The SMILES string of the molecule is CC(C)NCC(=O)NC(C)C(=O)N(C)C. The van der Waals surface area contributed by atoms with Crippen molar-refractivity contribution in [2.24, 2.45) is 0 Å². The average molecular weight is 215 g/mol. The van der Waals surface area contributed by atoms with E-state index in [9.17, 15) is 9.59 Å². The van der Waals surface area contributed by atoms with Gasteiger partial charge < -0.3 is 15.5 Å². The van der Waals surface area contributed by atoms with Gasteiger partial charge in [-0.3, -0.25) is 9.59 Å². The number of hydrogen-bond donors (Lipinski definition) is 2. The molecule has 0 saturated carbocycles. The number of hydrogen-bond acceptors (Lipinski definition) is 3. The van der Waals surface area contributed by atoms with Crippen LogP contribution in [0.5, 0.6) is 0 Å². The molecule has 0 spiro atoms. The Morgan fingerprint density at radius 1 is 1.20 bits per heavy atom. The first kappa shape index (κ1) is 13.9. The van der Waals surface area contributed by atoms with Crippen LogP contribution in [0.4, 0.5) is 0 Å². The van der Waals surface area contributed by atoms with Crippen LogP contribution in [-0.4, -0.2) is 49.4 Å². The first-order valence-corrected chi connectivity index (χ1v) is 5.08. The van der Waals surface area contributed by atoms with Crippen LogP contribution in [0.25, 0.3) is 0 Å². The van der Waals surface area contributed by atoms with Crippen molar-refractivity contribution < 1.29 is 9.59 Å². The molecule has 0 aliphatic rings. The van der Waals surface area contributed by atoms with Crippen LogP contribution in [0, 0.1) is 0 Å². The Morgan fingerprint density at radius 3 is 2.13 bits per heavy atom. The van der Waals surface area contributed by atoms with Crippen LogP contribution >= 0.6 is 0 Å². The fraction of sp³-hybridized carbons (Fsp3) is 0.800. The topological polar surface area (TPSA) is 61.4 Å². The molecule has 0 saturated heterocycles. The molecule has 0 radical (unpaired) electrons. The van der Waals surface area contributed by atoms with Crippen molar-refractivity contribution in [2.75, 3.05) is 20.6 Å². The first-order valence-electron chi connectivity index (χ1n) is 5.08. The van der Waals surface area contributed by atoms with Crippen molar-refractivity contribution in [1.29, 1.82) is 0 Å². The number of carbonyl (C=O) groups is 2. The van der Waals surface area contributed by atoms with Gasteiger partial charge in [0.2, 0.25) is 11.8 Å². The van der Waals surface area contributed by atoms with Crippen LogP contribution in [0.1, 0.15) is 20.8 Å². The third-order valence-electron chi connectivity index (χ3n) is 1.86. The Morgan fingerprint density at radius 2 is 1.73 bits per heavy atom.